The fourth-order valence-corrected chi connectivity index (χ4v) is 8.13. The summed E-state index contributed by atoms with van der Waals surface area (Å²) in [7, 11) is 7.98. The van der Waals surface area contributed by atoms with Gasteiger partial charge in [-0.2, -0.15) is 9.97 Å². The van der Waals surface area contributed by atoms with Crippen molar-refractivity contribution in [2.45, 2.75) is 109 Å². The smallest absolute Gasteiger partial charge is 0.337 e. The molecule has 15 heteroatoms. The van der Waals surface area contributed by atoms with E-state index in [0.717, 1.165) is 90.0 Å². The molecule has 322 valence electrons. The number of anilines is 1. The summed E-state index contributed by atoms with van der Waals surface area (Å²) >= 11 is 0. The third kappa shape index (κ3) is 13.9. The molecule has 58 heavy (non-hydrogen) atoms. The van der Waals surface area contributed by atoms with E-state index in [9.17, 15) is 14.4 Å². The lowest BCUT2D eigenvalue weighted by molar-refractivity contribution is -0.116. The number of imidazole rings is 1. The van der Waals surface area contributed by atoms with Crippen LogP contribution >= 0.6 is 0 Å². The number of unbranched alkanes of at least 4 members (excludes halogenated alkanes) is 3. The summed E-state index contributed by atoms with van der Waals surface area (Å²) in [6.45, 7) is 10.6. The molecule has 3 heterocycles. The van der Waals surface area contributed by atoms with Crippen molar-refractivity contribution < 1.29 is 23.8 Å². The second kappa shape index (κ2) is 23.6. The van der Waals surface area contributed by atoms with Crippen molar-refractivity contribution in [1.82, 2.24) is 39.1 Å². The average molecular weight is 808 g/mol. The lowest BCUT2D eigenvalue weighted by atomic mass is 9.89. The average Bonchev–Trinajstić information content (AvgIpc) is 3.55. The number of H-pyrrole nitrogens is 1. The number of hydrogen-bond donors (Lipinski definition) is 2. The van der Waals surface area contributed by atoms with Crippen LogP contribution in [0.25, 0.3) is 11.2 Å². The Bertz CT molecular complexity index is 1770. The van der Waals surface area contributed by atoms with Gasteiger partial charge in [-0.15, -0.1) is 0 Å². The first-order chi connectivity index (χ1) is 28.1. The van der Waals surface area contributed by atoms with E-state index in [-0.39, 0.29) is 29.4 Å². The first kappa shape index (κ1) is 45.2. The number of esters is 1. The molecular weight excluding hydrogens is 739 g/mol. The molecule has 1 saturated carbocycles. The number of nitrogens with one attached hydrogen (secondary N) is 2. The maximum Gasteiger partial charge on any atom is 0.337 e. The topological polar surface area (TPSA) is 150 Å². The van der Waals surface area contributed by atoms with Gasteiger partial charge in [0, 0.05) is 51.2 Å². The van der Waals surface area contributed by atoms with Crippen molar-refractivity contribution >= 4 is 28.9 Å². The molecule has 2 aromatic heterocycles. The van der Waals surface area contributed by atoms with E-state index < -0.39 is 0 Å². The van der Waals surface area contributed by atoms with Crippen LogP contribution in [0, 0.1) is 0 Å². The molecule has 3 aromatic rings. The third-order valence-corrected chi connectivity index (χ3v) is 11.7. The first-order valence-corrected chi connectivity index (χ1v) is 21.6. The standard InChI is InChI=1S/C43H69N9O6/c1-6-7-28-58-42-46-39(44-37(53)16-9-8-10-21-49(4)36-19-17-35(18-20-36)48(2)3)38-40(47-42)52(43(55)45-38)25-13-24-51(23-12-22-50-26-29-57-30-27-50)32-33-14-11-15-34(31-33)41(54)56-5/h11,14-15,31,35-36H,6-10,12-13,16-30,32H2,1-5H3,(H,45,55)(H,44,46,47,53)/t35-,36+. The summed E-state index contributed by atoms with van der Waals surface area (Å²) in [5, 5.41) is 2.97. The molecule has 1 amide bonds. The number of carbonyl (C=O) groups is 2. The molecule has 1 aromatic carbocycles. The Balaban J connectivity index is 1.19. The van der Waals surface area contributed by atoms with Crippen LogP contribution in [-0.4, -0.2) is 150 Å². The second-order valence-corrected chi connectivity index (χ2v) is 16.2. The number of ether oxygens (including phenoxy) is 3. The Kier molecular flexibility index (Phi) is 18.4. The minimum atomic E-state index is -0.359. The van der Waals surface area contributed by atoms with Gasteiger partial charge in [-0.05, 0) is 116 Å². The number of fused-ring (bicyclic) bond motifs is 1. The van der Waals surface area contributed by atoms with Gasteiger partial charge in [0.25, 0.3) is 0 Å². The van der Waals surface area contributed by atoms with E-state index in [1.165, 1.54) is 32.8 Å². The van der Waals surface area contributed by atoms with Crippen molar-refractivity contribution in [3.63, 3.8) is 0 Å². The van der Waals surface area contributed by atoms with Crippen LogP contribution < -0.4 is 15.7 Å². The molecular formula is C43H69N9O6. The van der Waals surface area contributed by atoms with Gasteiger partial charge >= 0.3 is 17.7 Å². The molecule has 2 aliphatic rings. The van der Waals surface area contributed by atoms with Crippen LogP contribution in [0.2, 0.25) is 0 Å². The lowest BCUT2D eigenvalue weighted by Crippen LogP contribution is -2.40. The highest BCUT2D eigenvalue weighted by Gasteiger charge is 2.25. The maximum atomic E-state index is 13.5. The molecule has 1 aliphatic heterocycles. The molecule has 0 radical (unpaired) electrons. The van der Waals surface area contributed by atoms with Gasteiger partial charge in [0.1, 0.15) is 5.52 Å². The zero-order valence-electron chi connectivity index (χ0n) is 35.8. The van der Waals surface area contributed by atoms with E-state index in [4.69, 9.17) is 14.2 Å². The largest absolute Gasteiger partial charge is 0.465 e. The van der Waals surface area contributed by atoms with Crippen molar-refractivity contribution in [1.29, 1.82) is 0 Å². The summed E-state index contributed by atoms with van der Waals surface area (Å²) < 4.78 is 18.0. The van der Waals surface area contributed by atoms with Crippen molar-refractivity contribution in [3.8, 4) is 6.01 Å². The van der Waals surface area contributed by atoms with E-state index in [1.54, 1.807) is 10.6 Å². The van der Waals surface area contributed by atoms with Gasteiger partial charge in [0.05, 0.1) is 32.5 Å². The highest BCUT2D eigenvalue weighted by molar-refractivity contribution is 5.97. The molecule has 2 fully saturated rings. The van der Waals surface area contributed by atoms with Gasteiger partial charge in [-0.3, -0.25) is 19.2 Å². The quantitative estimate of drug-likeness (QED) is 0.0927. The molecule has 5 rings (SSSR count). The molecule has 15 nitrogen and oxygen atoms in total. The molecule has 0 bridgehead atoms. The minimum absolute atomic E-state index is 0.141. The summed E-state index contributed by atoms with van der Waals surface area (Å²) in [4.78, 5) is 60.7. The normalized spacial score (nSPS) is 17.7. The minimum Gasteiger partial charge on any atom is -0.465 e. The Morgan fingerprint density at radius 1 is 0.931 bits per heavy atom. The van der Waals surface area contributed by atoms with Crippen molar-refractivity contribution in [2.75, 3.05) is 92.7 Å². The van der Waals surface area contributed by atoms with Crippen LogP contribution in [0.5, 0.6) is 6.01 Å². The number of aryl methyl sites for hydroxylation is 1. The molecule has 0 spiro atoms. The number of aromatic nitrogens is 4. The van der Waals surface area contributed by atoms with Gasteiger partial charge in [0.2, 0.25) is 5.91 Å². The summed E-state index contributed by atoms with van der Waals surface area (Å²) in [6, 6.07) is 9.03. The van der Waals surface area contributed by atoms with Gasteiger partial charge < -0.3 is 34.3 Å². The number of benzene rings is 1. The zero-order valence-corrected chi connectivity index (χ0v) is 35.8. The fraction of sp³-hybridized carbons (Fsp3) is 0.698. The molecule has 2 N–H and O–H groups in total. The number of nitrogens with zero attached hydrogens (tertiary/aromatic N) is 7. The number of aromatic amines is 1. The maximum absolute atomic E-state index is 13.5. The van der Waals surface area contributed by atoms with E-state index in [0.29, 0.717) is 67.9 Å². The summed E-state index contributed by atoms with van der Waals surface area (Å²) in [5.41, 5.74) is 2.04. The Labute approximate surface area is 344 Å². The number of carbonyl (C=O) groups excluding carboxylic acids is 2. The van der Waals surface area contributed by atoms with Crippen molar-refractivity contribution in [2.24, 2.45) is 0 Å². The highest BCUT2D eigenvalue weighted by atomic mass is 16.5. The third-order valence-electron chi connectivity index (χ3n) is 11.7. The van der Waals surface area contributed by atoms with E-state index in [1.807, 2.05) is 18.2 Å². The van der Waals surface area contributed by atoms with E-state index >= 15 is 0 Å². The SMILES string of the molecule is CCCCOc1nc(NC(=O)CCCCCN(C)[C@H]2CC[C@@H](N(C)C)CC2)c2[nH]c(=O)n(CCCN(CCCN3CCOCC3)Cc3cccc(C(=O)OC)c3)c2n1. The number of hydrogen-bond acceptors (Lipinski definition) is 12. The Morgan fingerprint density at radius 2 is 1.67 bits per heavy atom. The summed E-state index contributed by atoms with van der Waals surface area (Å²) in [5.74, 6) is -0.241. The van der Waals surface area contributed by atoms with Crippen LogP contribution in [0.4, 0.5) is 5.82 Å². The second-order valence-electron chi connectivity index (χ2n) is 16.2. The first-order valence-electron chi connectivity index (χ1n) is 21.6. The van der Waals surface area contributed by atoms with E-state index in [2.05, 4.69) is 67.9 Å². The molecule has 0 atom stereocenters. The van der Waals surface area contributed by atoms with Gasteiger partial charge in [0.15, 0.2) is 11.5 Å². The Hall–Kier alpha value is -3.89. The van der Waals surface area contributed by atoms with Gasteiger partial charge in [-0.25, -0.2) is 9.59 Å². The Morgan fingerprint density at radius 3 is 2.40 bits per heavy atom. The number of methoxy groups -OCH3 is 1. The van der Waals surface area contributed by atoms with Crippen molar-refractivity contribution in [3.05, 3.63) is 45.9 Å². The fourth-order valence-electron chi connectivity index (χ4n) is 8.13. The van der Waals surface area contributed by atoms with Crippen LogP contribution in [-0.2, 0) is 27.4 Å². The number of amides is 1. The molecule has 1 aliphatic carbocycles. The van der Waals surface area contributed by atoms with Crippen LogP contribution in [0.3, 0.4) is 0 Å². The lowest BCUT2D eigenvalue weighted by Gasteiger charge is -2.37. The van der Waals surface area contributed by atoms with Gasteiger partial charge in [-0.1, -0.05) is 31.9 Å². The number of rotatable bonds is 24. The van der Waals surface area contributed by atoms with Crippen LogP contribution in [0.15, 0.2) is 29.1 Å². The predicted molar refractivity (Wildman–Crippen MR) is 228 cm³/mol. The van der Waals surface area contributed by atoms with Crippen LogP contribution in [0.1, 0.15) is 99.9 Å². The molecule has 0 unspecified atom stereocenters. The zero-order chi connectivity index (χ0) is 41.3. The monoisotopic (exact) mass is 808 g/mol. The molecule has 1 saturated heterocycles. The number of morpholine rings is 1. The highest BCUT2D eigenvalue weighted by Crippen LogP contribution is 2.25. The summed E-state index contributed by atoms with van der Waals surface area (Å²) in [6.07, 6.45) is 11.6. The predicted octanol–water partition coefficient (Wildman–Crippen LogP) is 5.00.